The molecule has 0 aromatic carbocycles. The van der Waals surface area contributed by atoms with E-state index in [-0.39, 0.29) is 65.6 Å². The van der Waals surface area contributed by atoms with Crippen LogP contribution in [0.1, 0.15) is 0 Å². The Hall–Kier alpha value is 0.0639. The molecule has 0 heterocycles. The number of hydrogen-bond acceptors (Lipinski definition) is 3. The molecule has 0 aliphatic heterocycles. The SMILES string of the molecule is O.O.O.O.O.O.O=[N+]([O-])[O-].[Y+3]. The number of nitrogens with zero attached hydrogens (tertiary/aromatic N) is 1. The van der Waals surface area contributed by atoms with Gasteiger partial charge in [-0.25, -0.2) is 0 Å². The summed E-state index contributed by atoms with van der Waals surface area (Å²) >= 11 is 0. The molecule has 11 heteroatoms. The fraction of sp³-hybridized carbons (Fsp3) is 0. The molecule has 0 radical (unpaired) electrons. The molecular formula is H12NO9Y+2. The molecule has 10 nitrogen and oxygen atoms in total. The zero-order valence-corrected chi connectivity index (χ0v) is 8.09. The van der Waals surface area contributed by atoms with Gasteiger partial charge in [0.25, 0.3) is 0 Å². The van der Waals surface area contributed by atoms with Crippen molar-refractivity contribution in [1.29, 1.82) is 0 Å². The third-order valence-electron chi connectivity index (χ3n) is 0. The van der Waals surface area contributed by atoms with Crippen LogP contribution in [0.4, 0.5) is 0 Å². The van der Waals surface area contributed by atoms with Crippen molar-refractivity contribution in [2.75, 3.05) is 0 Å². The van der Waals surface area contributed by atoms with Gasteiger partial charge in [0.15, 0.2) is 0 Å². The fourth-order valence-electron chi connectivity index (χ4n) is 0. The first kappa shape index (κ1) is 119. The van der Waals surface area contributed by atoms with Gasteiger partial charge in [0.1, 0.15) is 0 Å². The van der Waals surface area contributed by atoms with Crippen LogP contribution < -0.4 is 0 Å². The molecule has 0 atom stereocenters. The van der Waals surface area contributed by atoms with Crippen molar-refractivity contribution in [2.24, 2.45) is 0 Å². The molecule has 0 unspecified atom stereocenters. The van der Waals surface area contributed by atoms with Gasteiger partial charge < -0.3 is 48.2 Å². The summed E-state index contributed by atoms with van der Waals surface area (Å²) in [6.45, 7) is 0. The first-order valence-corrected chi connectivity index (χ1v) is 0.548. The quantitative estimate of drug-likeness (QED) is 0.305. The molecule has 0 spiro atoms. The maximum atomic E-state index is 8.25. The van der Waals surface area contributed by atoms with Crippen molar-refractivity contribution in [2.45, 2.75) is 0 Å². The van der Waals surface area contributed by atoms with Crippen LogP contribution >= 0.6 is 0 Å². The van der Waals surface area contributed by atoms with Gasteiger partial charge in [-0.1, -0.05) is 0 Å². The average molecular weight is 259 g/mol. The third kappa shape index (κ3) is 160000. The molecule has 72 valence electrons. The van der Waals surface area contributed by atoms with Crippen LogP contribution in [0.25, 0.3) is 0 Å². The smallest absolute Gasteiger partial charge is 0.412 e. The third-order valence-corrected chi connectivity index (χ3v) is 0. The zero-order valence-electron chi connectivity index (χ0n) is 5.25. The maximum absolute atomic E-state index is 8.25. The molecule has 0 fully saturated rings. The largest absolute Gasteiger partial charge is 3.00 e. The molecule has 0 saturated carbocycles. The van der Waals surface area contributed by atoms with E-state index in [2.05, 4.69) is 0 Å². The summed E-state index contributed by atoms with van der Waals surface area (Å²) < 4.78 is 0. The van der Waals surface area contributed by atoms with Crippen molar-refractivity contribution in [3.05, 3.63) is 15.3 Å². The Kier molecular flexibility index (Phi) is 956. The van der Waals surface area contributed by atoms with Crippen LogP contribution in [-0.4, -0.2) is 37.9 Å². The molecule has 0 aromatic heterocycles. The first-order valence-electron chi connectivity index (χ1n) is 0.548. The van der Waals surface area contributed by atoms with E-state index < -0.39 is 5.09 Å². The summed E-state index contributed by atoms with van der Waals surface area (Å²) in [6, 6.07) is 0. The molecule has 0 amide bonds. The van der Waals surface area contributed by atoms with Gasteiger partial charge in [0.05, 0.1) is 5.09 Å². The van der Waals surface area contributed by atoms with Gasteiger partial charge in [0.2, 0.25) is 0 Å². The van der Waals surface area contributed by atoms with Crippen molar-refractivity contribution in [1.82, 2.24) is 0 Å². The number of rotatable bonds is 0. The molecule has 0 aliphatic rings. The average Bonchev–Trinajstić information content (AvgIpc) is 0.811. The van der Waals surface area contributed by atoms with E-state index in [9.17, 15) is 0 Å². The van der Waals surface area contributed by atoms with E-state index >= 15 is 0 Å². The summed E-state index contributed by atoms with van der Waals surface area (Å²) in [5.41, 5.74) is 0. The van der Waals surface area contributed by atoms with Gasteiger partial charge in [-0.2, -0.15) is 0 Å². The Morgan fingerprint density at radius 2 is 0.727 bits per heavy atom. The molecule has 0 bridgehead atoms. The van der Waals surface area contributed by atoms with Crippen molar-refractivity contribution >= 4 is 0 Å². The van der Waals surface area contributed by atoms with Gasteiger partial charge >= 0.3 is 32.7 Å². The topological polar surface area (TPSA) is 255 Å². The second-order valence-corrected chi connectivity index (χ2v) is 0.224. The minimum atomic E-state index is -1.75. The Bertz CT molecular complexity index is 32.5. The fourth-order valence-corrected chi connectivity index (χ4v) is 0. The van der Waals surface area contributed by atoms with E-state index in [1.165, 1.54) is 0 Å². The number of hydrogen-bond donors (Lipinski definition) is 0. The first-order chi connectivity index (χ1) is 1.73. The molecule has 0 saturated heterocycles. The minimum Gasteiger partial charge on any atom is -0.412 e. The molecule has 0 rings (SSSR count). The van der Waals surface area contributed by atoms with E-state index in [1.54, 1.807) is 0 Å². The van der Waals surface area contributed by atoms with E-state index in [0.717, 1.165) is 0 Å². The Balaban J connectivity index is -0.00000000214. The normalized spacial score (nSPS) is 2.18. The maximum Gasteiger partial charge on any atom is 3.00 e. The molecule has 0 aliphatic carbocycles. The standard InChI is InChI=1S/NO3.6H2O.Y/c2-1(3)4;;;;;;;/h;6*1H2;/q-1;;;;;;;+3. The van der Waals surface area contributed by atoms with Crippen molar-refractivity contribution < 1.29 is 70.7 Å². The molecular weight excluding hydrogens is 247 g/mol. The Morgan fingerprint density at radius 3 is 0.727 bits per heavy atom. The van der Waals surface area contributed by atoms with Crippen LogP contribution in [0.5, 0.6) is 0 Å². The van der Waals surface area contributed by atoms with Crippen LogP contribution in [0, 0.1) is 15.3 Å². The predicted octanol–water partition coefficient (Wildman–Crippen LogP) is -5.19. The second-order valence-electron chi connectivity index (χ2n) is 0.224. The van der Waals surface area contributed by atoms with Crippen LogP contribution in [0.3, 0.4) is 0 Å². The summed E-state index contributed by atoms with van der Waals surface area (Å²) in [6.07, 6.45) is 0. The van der Waals surface area contributed by atoms with Crippen LogP contribution in [-0.2, 0) is 32.7 Å². The van der Waals surface area contributed by atoms with E-state index in [1.807, 2.05) is 0 Å². The van der Waals surface area contributed by atoms with Crippen molar-refractivity contribution in [3.63, 3.8) is 0 Å². The van der Waals surface area contributed by atoms with E-state index in [4.69, 9.17) is 15.3 Å². The molecule has 11 heavy (non-hydrogen) atoms. The zero-order chi connectivity index (χ0) is 3.58. The minimum absolute atomic E-state index is 0. The Morgan fingerprint density at radius 1 is 0.727 bits per heavy atom. The monoisotopic (exact) mass is 259 g/mol. The van der Waals surface area contributed by atoms with Gasteiger partial charge in [-0.3, -0.25) is 0 Å². The Labute approximate surface area is 86.0 Å². The predicted molar refractivity (Wildman–Crippen MR) is 32.0 cm³/mol. The van der Waals surface area contributed by atoms with Gasteiger partial charge in [-0.05, 0) is 0 Å². The summed E-state index contributed by atoms with van der Waals surface area (Å²) in [5, 5.41) is 14.8. The van der Waals surface area contributed by atoms with Crippen LogP contribution in [0.15, 0.2) is 0 Å². The van der Waals surface area contributed by atoms with Crippen LogP contribution in [0.2, 0.25) is 0 Å². The summed E-state index contributed by atoms with van der Waals surface area (Å²) in [4.78, 5) is 8.25. The van der Waals surface area contributed by atoms with Gasteiger partial charge in [0, 0.05) is 0 Å². The summed E-state index contributed by atoms with van der Waals surface area (Å²) in [7, 11) is 0. The summed E-state index contributed by atoms with van der Waals surface area (Å²) in [5.74, 6) is 0. The van der Waals surface area contributed by atoms with E-state index in [0.29, 0.717) is 0 Å². The van der Waals surface area contributed by atoms with Gasteiger partial charge in [-0.15, -0.1) is 0 Å². The second kappa shape index (κ2) is 88.1. The molecule has 12 N–H and O–H groups in total. The molecule has 0 aromatic rings. The van der Waals surface area contributed by atoms with Crippen molar-refractivity contribution in [3.8, 4) is 0 Å².